The Kier molecular flexibility index (Phi) is 5.82. The van der Waals surface area contributed by atoms with Crippen LogP contribution in [0.5, 0.6) is 0 Å². The van der Waals surface area contributed by atoms with Crippen LogP contribution < -0.4 is 10.6 Å². The zero-order valence-corrected chi connectivity index (χ0v) is 12.9. The van der Waals surface area contributed by atoms with Crippen molar-refractivity contribution < 1.29 is 27.9 Å². The minimum absolute atomic E-state index is 0.0831. The fraction of sp³-hybridized carbons (Fsp3) is 0.500. The molecule has 1 aromatic rings. The fourth-order valence-electron chi connectivity index (χ4n) is 2.81. The maximum Gasteiger partial charge on any atom is 0.416 e. The molecule has 1 aliphatic rings. The van der Waals surface area contributed by atoms with E-state index in [2.05, 4.69) is 10.6 Å². The predicted molar refractivity (Wildman–Crippen MR) is 81.0 cm³/mol. The Balaban J connectivity index is 1.98. The summed E-state index contributed by atoms with van der Waals surface area (Å²) in [5.74, 6) is -2.06. The zero-order valence-electron chi connectivity index (χ0n) is 12.9. The lowest BCUT2D eigenvalue weighted by molar-refractivity contribution is -0.137. The molecule has 1 fully saturated rings. The van der Waals surface area contributed by atoms with Gasteiger partial charge in [-0.1, -0.05) is 18.9 Å². The molecule has 2 rings (SSSR count). The molecule has 1 saturated carbocycles. The van der Waals surface area contributed by atoms with Crippen molar-refractivity contribution in [2.24, 2.45) is 5.92 Å². The lowest BCUT2D eigenvalue weighted by Gasteiger charge is -2.30. The Morgan fingerprint density at radius 1 is 1.17 bits per heavy atom. The van der Waals surface area contributed by atoms with Gasteiger partial charge in [0.15, 0.2) is 0 Å². The molecule has 0 aromatic heterocycles. The summed E-state index contributed by atoms with van der Waals surface area (Å²) < 4.78 is 37.9. The van der Waals surface area contributed by atoms with Gasteiger partial charge < -0.3 is 15.7 Å². The molecule has 0 aliphatic heterocycles. The standard InChI is InChI=1S/C16H19F3N2O3/c17-16(18,19)11-5-3-6-12(8-11)20-14(23)15(24)21-13-7-2-1-4-10(13)9-22/h3,5-6,8,10,13,22H,1-2,4,7,9H2,(H,20,23)(H,21,24). The summed E-state index contributed by atoms with van der Waals surface area (Å²) in [5, 5.41) is 14.0. The van der Waals surface area contributed by atoms with E-state index in [1.165, 1.54) is 6.07 Å². The van der Waals surface area contributed by atoms with Gasteiger partial charge in [0.05, 0.1) is 5.56 Å². The van der Waals surface area contributed by atoms with Crippen molar-refractivity contribution >= 4 is 17.5 Å². The van der Waals surface area contributed by atoms with Gasteiger partial charge in [0, 0.05) is 24.3 Å². The van der Waals surface area contributed by atoms with E-state index in [9.17, 15) is 27.9 Å². The van der Waals surface area contributed by atoms with Crippen molar-refractivity contribution in [2.45, 2.75) is 37.9 Å². The SMILES string of the molecule is O=C(Nc1cccc(C(F)(F)F)c1)C(=O)NC1CCCCC1CO. The summed E-state index contributed by atoms with van der Waals surface area (Å²) in [5.41, 5.74) is -1.01. The summed E-state index contributed by atoms with van der Waals surface area (Å²) in [6.07, 6.45) is -1.27. The third-order valence-corrected chi connectivity index (χ3v) is 4.11. The Morgan fingerprint density at radius 2 is 1.88 bits per heavy atom. The second-order valence-corrected chi connectivity index (χ2v) is 5.84. The Labute approximate surface area is 137 Å². The molecule has 8 heteroatoms. The first-order valence-corrected chi connectivity index (χ1v) is 7.71. The molecule has 1 aliphatic carbocycles. The van der Waals surface area contributed by atoms with Crippen LogP contribution in [0.1, 0.15) is 31.2 Å². The molecular formula is C16H19F3N2O3. The topological polar surface area (TPSA) is 78.4 Å². The number of benzene rings is 1. The second kappa shape index (κ2) is 7.65. The van der Waals surface area contributed by atoms with E-state index in [0.717, 1.165) is 37.5 Å². The number of alkyl halides is 3. The van der Waals surface area contributed by atoms with Gasteiger partial charge in [0.1, 0.15) is 0 Å². The van der Waals surface area contributed by atoms with Crippen molar-refractivity contribution in [3.63, 3.8) is 0 Å². The zero-order chi connectivity index (χ0) is 17.7. The molecule has 0 bridgehead atoms. The molecular weight excluding hydrogens is 325 g/mol. The van der Waals surface area contributed by atoms with Gasteiger partial charge in [0.25, 0.3) is 0 Å². The van der Waals surface area contributed by atoms with E-state index < -0.39 is 23.6 Å². The lowest BCUT2D eigenvalue weighted by Crippen LogP contribution is -2.47. The summed E-state index contributed by atoms with van der Waals surface area (Å²) >= 11 is 0. The van der Waals surface area contributed by atoms with Gasteiger partial charge in [-0.3, -0.25) is 9.59 Å². The number of nitrogens with one attached hydrogen (secondary N) is 2. The Bertz CT molecular complexity index is 604. The average molecular weight is 344 g/mol. The maximum atomic E-state index is 12.6. The van der Waals surface area contributed by atoms with Crippen LogP contribution in [0.15, 0.2) is 24.3 Å². The smallest absolute Gasteiger partial charge is 0.396 e. The summed E-state index contributed by atoms with van der Waals surface area (Å²) in [6, 6.07) is 3.77. The number of amides is 2. The van der Waals surface area contributed by atoms with Crippen LogP contribution in [-0.4, -0.2) is 29.6 Å². The molecule has 2 unspecified atom stereocenters. The van der Waals surface area contributed by atoms with Crippen molar-refractivity contribution in [3.8, 4) is 0 Å². The van der Waals surface area contributed by atoms with E-state index in [-0.39, 0.29) is 24.3 Å². The number of aliphatic hydroxyl groups is 1. The van der Waals surface area contributed by atoms with Gasteiger partial charge in [-0.05, 0) is 31.0 Å². The minimum atomic E-state index is -4.53. The second-order valence-electron chi connectivity index (χ2n) is 5.84. The van der Waals surface area contributed by atoms with Gasteiger partial charge in [0.2, 0.25) is 0 Å². The monoisotopic (exact) mass is 344 g/mol. The molecule has 2 atom stereocenters. The van der Waals surface area contributed by atoms with Crippen LogP contribution in [0.3, 0.4) is 0 Å². The molecule has 24 heavy (non-hydrogen) atoms. The number of carbonyl (C=O) groups is 2. The van der Waals surface area contributed by atoms with Crippen LogP contribution >= 0.6 is 0 Å². The Hall–Kier alpha value is -2.09. The third kappa shape index (κ3) is 4.70. The summed E-state index contributed by atoms with van der Waals surface area (Å²) in [7, 11) is 0. The van der Waals surface area contributed by atoms with Crippen molar-refractivity contribution in [1.82, 2.24) is 5.32 Å². The van der Waals surface area contributed by atoms with E-state index in [1.54, 1.807) is 0 Å². The van der Waals surface area contributed by atoms with E-state index in [0.29, 0.717) is 6.42 Å². The van der Waals surface area contributed by atoms with Crippen LogP contribution in [0, 0.1) is 5.92 Å². The summed E-state index contributed by atoms with van der Waals surface area (Å²) in [6.45, 7) is -0.0831. The predicted octanol–water partition coefficient (Wildman–Crippen LogP) is 2.31. The quantitative estimate of drug-likeness (QED) is 0.737. The van der Waals surface area contributed by atoms with E-state index in [1.807, 2.05) is 0 Å². The van der Waals surface area contributed by atoms with Crippen molar-refractivity contribution in [2.75, 3.05) is 11.9 Å². The number of rotatable bonds is 3. The number of anilines is 1. The fourth-order valence-corrected chi connectivity index (χ4v) is 2.81. The van der Waals surface area contributed by atoms with Crippen LogP contribution in [0.4, 0.5) is 18.9 Å². The van der Waals surface area contributed by atoms with Crippen LogP contribution in [-0.2, 0) is 15.8 Å². The molecule has 3 N–H and O–H groups in total. The Morgan fingerprint density at radius 3 is 2.54 bits per heavy atom. The molecule has 0 spiro atoms. The van der Waals surface area contributed by atoms with Crippen LogP contribution in [0.25, 0.3) is 0 Å². The van der Waals surface area contributed by atoms with Crippen molar-refractivity contribution in [1.29, 1.82) is 0 Å². The van der Waals surface area contributed by atoms with Crippen LogP contribution in [0.2, 0.25) is 0 Å². The lowest BCUT2D eigenvalue weighted by atomic mass is 9.85. The molecule has 5 nitrogen and oxygen atoms in total. The molecule has 132 valence electrons. The van der Waals surface area contributed by atoms with E-state index in [4.69, 9.17) is 0 Å². The van der Waals surface area contributed by atoms with E-state index >= 15 is 0 Å². The number of hydrogen-bond acceptors (Lipinski definition) is 3. The highest BCUT2D eigenvalue weighted by molar-refractivity contribution is 6.39. The molecule has 2 amide bonds. The molecule has 0 saturated heterocycles. The maximum absolute atomic E-state index is 12.6. The van der Waals surface area contributed by atoms with Gasteiger partial charge in [-0.2, -0.15) is 13.2 Å². The minimum Gasteiger partial charge on any atom is -0.396 e. The largest absolute Gasteiger partial charge is 0.416 e. The van der Waals surface area contributed by atoms with Gasteiger partial charge in [-0.15, -0.1) is 0 Å². The molecule has 1 aromatic carbocycles. The number of halogens is 3. The first-order chi connectivity index (χ1) is 11.3. The van der Waals surface area contributed by atoms with Crippen molar-refractivity contribution in [3.05, 3.63) is 29.8 Å². The van der Waals surface area contributed by atoms with Gasteiger partial charge in [-0.25, -0.2) is 0 Å². The average Bonchev–Trinajstić information content (AvgIpc) is 2.54. The highest BCUT2D eigenvalue weighted by Gasteiger charge is 2.31. The highest BCUT2D eigenvalue weighted by Crippen LogP contribution is 2.30. The first-order valence-electron chi connectivity index (χ1n) is 7.71. The number of hydrogen-bond donors (Lipinski definition) is 3. The molecule has 0 radical (unpaired) electrons. The normalized spacial score (nSPS) is 21.2. The number of aliphatic hydroxyl groups excluding tert-OH is 1. The number of carbonyl (C=O) groups excluding carboxylic acids is 2. The third-order valence-electron chi connectivity index (χ3n) is 4.11. The first kappa shape index (κ1) is 18.3. The van der Waals surface area contributed by atoms with Gasteiger partial charge >= 0.3 is 18.0 Å². The summed E-state index contributed by atoms with van der Waals surface area (Å²) in [4.78, 5) is 23.8. The molecule has 0 heterocycles. The highest BCUT2D eigenvalue weighted by atomic mass is 19.4.